The minimum Gasteiger partial charge on any atom is -0.313 e. The van der Waals surface area contributed by atoms with Crippen molar-refractivity contribution in [1.29, 1.82) is 0 Å². The first kappa shape index (κ1) is 17.9. The van der Waals surface area contributed by atoms with Gasteiger partial charge in [-0.25, -0.2) is 8.42 Å². The van der Waals surface area contributed by atoms with E-state index in [-0.39, 0.29) is 11.8 Å². The molecular weight excluding hydrogens is 248 g/mol. The quantitative estimate of drug-likeness (QED) is 0.666. The van der Waals surface area contributed by atoms with Gasteiger partial charge in [0.05, 0.1) is 5.75 Å². The van der Waals surface area contributed by atoms with Crippen LogP contribution in [-0.2, 0) is 10.0 Å². The van der Waals surface area contributed by atoms with E-state index < -0.39 is 10.0 Å². The summed E-state index contributed by atoms with van der Waals surface area (Å²) in [7, 11) is -3.13. The summed E-state index contributed by atoms with van der Waals surface area (Å²) in [5.74, 6) is 0.194. The van der Waals surface area contributed by atoms with Crippen molar-refractivity contribution in [1.82, 2.24) is 9.62 Å². The average molecular weight is 278 g/mol. The molecule has 0 aliphatic heterocycles. The van der Waals surface area contributed by atoms with Gasteiger partial charge in [-0.15, -0.1) is 0 Å². The number of sulfonamides is 1. The zero-order valence-electron chi connectivity index (χ0n) is 12.6. The normalized spacial score (nSPS) is 14.4. The van der Waals surface area contributed by atoms with Crippen LogP contribution in [0.4, 0.5) is 0 Å². The Labute approximate surface area is 113 Å². The second-order valence-electron chi connectivity index (χ2n) is 5.15. The Morgan fingerprint density at radius 1 is 1.17 bits per heavy atom. The van der Waals surface area contributed by atoms with Crippen LogP contribution in [0.3, 0.4) is 0 Å². The molecule has 0 fully saturated rings. The maximum Gasteiger partial charge on any atom is 0.215 e. The Hall–Kier alpha value is -0.130. The van der Waals surface area contributed by atoms with Crippen LogP contribution >= 0.6 is 0 Å². The lowest BCUT2D eigenvalue weighted by Gasteiger charge is -2.27. The van der Waals surface area contributed by atoms with Crippen molar-refractivity contribution in [3.05, 3.63) is 0 Å². The van der Waals surface area contributed by atoms with Gasteiger partial charge in [-0.1, -0.05) is 34.1 Å². The van der Waals surface area contributed by atoms with E-state index >= 15 is 0 Å². The molecule has 0 aromatic heterocycles. The largest absolute Gasteiger partial charge is 0.313 e. The van der Waals surface area contributed by atoms with Crippen LogP contribution < -0.4 is 5.32 Å². The minimum absolute atomic E-state index is 0.0978. The number of nitrogens with one attached hydrogen (secondary N) is 1. The molecule has 0 bridgehead atoms. The summed E-state index contributed by atoms with van der Waals surface area (Å²) in [6.07, 6.45) is 2.81. The molecule has 0 heterocycles. The molecule has 5 heteroatoms. The molecule has 1 unspecified atom stereocenters. The van der Waals surface area contributed by atoms with Crippen LogP contribution in [0.5, 0.6) is 0 Å². The van der Waals surface area contributed by atoms with Crippen molar-refractivity contribution in [2.75, 3.05) is 18.8 Å². The van der Waals surface area contributed by atoms with E-state index in [1.807, 2.05) is 27.7 Å². The van der Waals surface area contributed by atoms with Gasteiger partial charge in [-0.3, -0.25) is 0 Å². The Balaban J connectivity index is 4.54. The van der Waals surface area contributed by atoms with Crippen LogP contribution in [0.1, 0.15) is 53.9 Å². The van der Waals surface area contributed by atoms with Gasteiger partial charge in [-0.2, -0.15) is 4.31 Å². The van der Waals surface area contributed by atoms with Crippen molar-refractivity contribution < 1.29 is 8.42 Å². The predicted molar refractivity (Wildman–Crippen MR) is 78.3 cm³/mol. The summed E-state index contributed by atoms with van der Waals surface area (Å²) in [5, 5.41) is 3.16. The molecule has 4 nitrogen and oxygen atoms in total. The molecule has 110 valence electrons. The first-order valence-corrected chi connectivity index (χ1v) is 8.68. The smallest absolute Gasteiger partial charge is 0.215 e. The zero-order valence-corrected chi connectivity index (χ0v) is 13.4. The Kier molecular flexibility index (Phi) is 8.82. The van der Waals surface area contributed by atoms with Gasteiger partial charge in [0.2, 0.25) is 10.0 Å². The molecule has 0 aliphatic carbocycles. The average Bonchev–Trinajstić information content (AvgIpc) is 2.27. The Morgan fingerprint density at radius 2 is 1.78 bits per heavy atom. The highest BCUT2D eigenvalue weighted by atomic mass is 32.2. The van der Waals surface area contributed by atoms with E-state index in [0.29, 0.717) is 19.1 Å². The molecule has 18 heavy (non-hydrogen) atoms. The first-order chi connectivity index (χ1) is 8.35. The third-order valence-corrected chi connectivity index (χ3v) is 5.06. The van der Waals surface area contributed by atoms with Crippen molar-refractivity contribution in [2.24, 2.45) is 0 Å². The fourth-order valence-electron chi connectivity index (χ4n) is 1.75. The van der Waals surface area contributed by atoms with Gasteiger partial charge >= 0.3 is 0 Å². The molecule has 0 radical (unpaired) electrons. The summed E-state index contributed by atoms with van der Waals surface area (Å²) in [6, 6.07) is 0.425. The number of rotatable bonds is 10. The van der Waals surface area contributed by atoms with E-state index in [1.165, 1.54) is 0 Å². The van der Waals surface area contributed by atoms with Gasteiger partial charge in [0.15, 0.2) is 0 Å². The summed E-state index contributed by atoms with van der Waals surface area (Å²) >= 11 is 0. The van der Waals surface area contributed by atoms with E-state index in [2.05, 4.69) is 12.2 Å². The van der Waals surface area contributed by atoms with Crippen LogP contribution in [0, 0.1) is 0 Å². The fraction of sp³-hybridized carbons (Fsp3) is 1.00. The van der Waals surface area contributed by atoms with E-state index in [9.17, 15) is 8.42 Å². The number of unbranched alkanes of at least 4 members (excludes halogenated alkanes) is 1. The highest BCUT2D eigenvalue weighted by Crippen LogP contribution is 2.12. The minimum atomic E-state index is -3.13. The number of hydrogen-bond acceptors (Lipinski definition) is 3. The fourth-order valence-corrected chi connectivity index (χ4v) is 3.46. The lowest BCUT2D eigenvalue weighted by Crippen LogP contribution is -2.42. The molecule has 0 aromatic rings. The van der Waals surface area contributed by atoms with E-state index in [0.717, 1.165) is 19.3 Å². The SMILES string of the molecule is CCCCN(C(C)CC)S(=O)(=O)CCNC(C)C. The van der Waals surface area contributed by atoms with Crippen LogP contribution in [0.2, 0.25) is 0 Å². The van der Waals surface area contributed by atoms with Crippen molar-refractivity contribution in [3.63, 3.8) is 0 Å². The molecule has 1 atom stereocenters. The summed E-state index contributed by atoms with van der Waals surface area (Å²) < 4.78 is 26.3. The number of nitrogens with zero attached hydrogens (tertiary/aromatic N) is 1. The van der Waals surface area contributed by atoms with Gasteiger partial charge < -0.3 is 5.32 Å². The van der Waals surface area contributed by atoms with Crippen molar-refractivity contribution >= 4 is 10.0 Å². The monoisotopic (exact) mass is 278 g/mol. The lowest BCUT2D eigenvalue weighted by atomic mass is 10.2. The molecule has 0 saturated carbocycles. The summed E-state index contributed by atoms with van der Waals surface area (Å²) in [4.78, 5) is 0. The first-order valence-electron chi connectivity index (χ1n) is 7.08. The summed E-state index contributed by atoms with van der Waals surface area (Å²) in [6.45, 7) is 11.3. The van der Waals surface area contributed by atoms with Crippen LogP contribution in [0.15, 0.2) is 0 Å². The summed E-state index contributed by atoms with van der Waals surface area (Å²) in [5.41, 5.74) is 0. The molecule has 0 aromatic carbocycles. The molecule has 0 spiro atoms. The van der Waals surface area contributed by atoms with Gasteiger partial charge in [-0.05, 0) is 19.8 Å². The Morgan fingerprint density at radius 3 is 2.22 bits per heavy atom. The molecule has 0 amide bonds. The maximum absolute atomic E-state index is 12.3. The molecule has 0 aliphatic rings. The van der Waals surface area contributed by atoms with Gasteiger partial charge in [0.1, 0.15) is 0 Å². The molecule has 0 saturated heterocycles. The second kappa shape index (κ2) is 8.88. The second-order valence-corrected chi connectivity index (χ2v) is 7.19. The van der Waals surface area contributed by atoms with E-state index in [4.69, 9.17) is 0 Å². The molecular formula is C13H30N2O2S. The van der Waals surface area contributed by atoms with Crippen molar-refractivity contribution in [2.45, 2.75) is 66.0 Å². The van der Waals surface area contributed by atoms with Crippen molar-refractivity contribution in [3.8, 4) is 0 Å². The third kappa shape index (κ3) is 6.71. The Bertz CT molecular complexity index is 302. The van der Waals surface area contributed by atoms with Crippen LogP contribution in [0.25, 0.3) is 0 Å². The molecule has 0 rings (SSSR count). The third-order valence-electron chi connectivity index (χ3n) is 3.08. The highest BCUT2D eigenvalue weighted by molar-refractivity contribution is 7.89. The van der Waals surface area contributed by atoms with Gasteiger partial charge in [0, 0.05) is 25.2 Å². The standard InChI is InChI=1S/C13H30N2O2S/c1-6-8-10-15(13(5)7-2)18(16,17)11-9-14-12(3)4/h12-14H,6-11H2,1-5H3. The van der Waals surface area contributed by atoms with E-state index in [1.54, 1.807) is 4.31 Å². The maximum atomic E-state index is 12.3. The number of hydrogen-bond donors (Lipinski definition) is 1. The lowest BCUT2D eigenvalue weighted by molar-refractivity contribution is 0.324. The highest BCUT2D eigenvalue weighted by Gasteiger charge is 2.25. The zero-order chi connectivity index (χ0) is 14.2. The molecule has 1 N–H and O–H groups in total. The van der Waals surface area contributed by atoms with Crippen LogP contribution in [-0.4, -0.2) is 43.6 Å². The topological polar surface area (TPSA) is 49.4 Å². The predicted octanol–water partition coefficient (Wildman–Crippen LogP) is 2.21. The van der Waals surface area contributed by atoms with Gasteiger partial charge in [0.25, 0.3) is 0 Å².